The molecule has 2 aromatic rings. The Bertz CT molecular complexity index is 552. The number of hydrogen-bond donors (Lipinski definition) is 2. The first-order valence-corrected chi connectivity index (χ1v) is 6.01. The lowest BCUT2D eigenvalue weighted by Gasteiger charge is -2.05. The zero-order valence-corrected chi connectivity index (χ0v) is 11.2. The average molecular weight is 261 g/mol. The zero-order chi connectivity index (χ0) is 14.3. The SMILES string of the molecule is COc1ccc2cc(CCC(C)=O)ccc2c1.NO. The second kappa shape index (κ2) is 7.51. The highest BCUT2D eigenvalue weighted by molar-refractivity contribution is 5.84. The Morgan fingerprint density at radius 2 is 1.79 bits per heavy atom. The highest BCUT2D eigenvalue weighted by Crippen LogP contribution is 2.22. The van der Waals surface area contributed by atoms with Crippen molar-refractivity contribution >= 4 is 16.6 Å². The van der Waals surface area contributed by atoms with E-state index in [9.17, 15) is 4.79 Å². The van der Waals surface area contributed by atoms with Crippen LogP contribution in [0.1, 0.15) is 18.9 Å². The van der Waals surface area contributed by atoms with Gasteiger partial charge in [-0.05, 0) is 41.8 Å². The molecule has 0 aromatic heterocycles. The average Bonchev–Trinajstić information content (AvgIpc) is 2.46. The maximum Gasteiger partial charge on any atom is 0.130 e. The van der Waals surface area contributed by atoms with Gasteiger partial charge in [0.05, 0.1) is 7.11 Å². The van der Waals surface area contributed by atoms with E-state index >= 15 is 0 Å². The number of ether oxygens (including phenoxy) is 1. The van der Waals surface area contributed by atoms with Crippen LogP contribution in [0, 0.1) is 0 Å². The minimum Gasteiger partial charge on any atom is -0.497 e. The third kappa shape index (κ3) is 4.35. The molecule has 4 heteroatoms. The maximum atomic E-state index is 10.9. The second-order valence-corrected chi connectivity index (χ2v) is 4.25. The molecule has 0 fully saturated rings. The summed E-state index contributed by atoms with van der Waals surface area (Å²) in [7, 11) is 1.67. The number of Topliss-reactive ketones (excluding diaryl/α,β-unsaturated/α-hetero) is 1. The topological polar surface area (TPSA) is 72.5 Å². The lowest BCUT2D eigenvalue weighted by atomic mass is 10.0. The summed E-state index contributed by atoms with van der Waals surface area (Å²) >= 11 is 0. The van der Waals surface area contributed by atoms with Gasteiger partial charge in [0.1, 0.15) is 11.5 Å². The molecule has 0 saturated carbocycles. The number of carbonyl (C=O) groups excluding carboxylic acids is 1. The first kappa shape index (κ1) is 15.1. The Balaban J connectivity index is 0.000000861. The fourth-order valence-electron chi connectivity index (χ4n) is 1.88. The Morgan fingerprint density at radius 1 is 1.16 bits per heavy atom. The van der Waals surface area contributed by atoms with Crippen molar-refractivity contribution in [1.29, 1.82) is 0 Å². The number of hydrogen-bond acceptors (Lipinski definition) is 4. The van der Waals surface area contributed by atoms with Crippen molar-refractivity contribution < 1.29 is 14.7 Å². The lowest BCUT2D eigenvalue weighted by molar-refractivity contribution is -0.116. The lowest BCUT2D eigenvalue weighted by Crippen LogP contribution is -1.93. The minimum atomic E-state index is 0.236. The Labute approximate surface area is 112 Å². The van der Waals surface area contributed by atoms with Gasteiger partial charge in [0.15, 0.2) is 0 Å². The zero-order valence-electron chi connectivity index (χ0n) is 11.2. The molecule has 0 aliphatic rings. The number of rotatable bonds is 4. The molecule has 2 rings (SSSR count). The summed E-state index contributed by atoms with van der Waals surface area (Å²) in [4.78, 5) is 10.9. The van der Waals surface area contributed by atoms with Crippen molar-refractivity contribution in [2.45, 2.75) is 19.8 Å². The quantitative estimate of drug-likeness (QED) is 0.830. The van der Waals surface area contributed by atoms with E-state index in [1.54, 1.807) is 14.0 Å². The molecule has 102 valence electrons. The standard InChI is InChI=1S/C15H16O2.H3NO/c1-11(16)3-4-12-5-6-14-10-15(17-2)8-7-13(14)9-12;1-2/h5-10H,3-4H2,1-2H3;2H,1H2. The Morgan fingerprint density at radius 3 is 2.42 bits per heavy atom. The van der Waals surface area contributed by atoms with Crippen LogP contribution in [0.4, 0.5) is 0 Å². The fourth-order valence-corrected chi connectivity index (χ4v) is 1.88. The van der Waals surface area contributed by atoms with Gasteiger partial charge in [-0.2, -0.15) is 0 Å². The number of benzene rings is 2. The van der Waals surface area contributed by atoms with E-state index < -0.39 is 0 Å². The molecule has 0 unspecified atom stereocenters. The molecule has 0 amide bonds. The molecule has 3 N–H and O–H groups in total. The van der Waals surface area contributed by atoms with Crippen LogP contribution < -0.4 is 10.6 Å². The van der Waals surface area contributed by atoms with Gasteiger partial charge in [-0.25, -0.2) is 5.90 Å². The molecule has 0 heterocycles. The maximum absolute atomic E-state index is 10.9. The van der Waals surface area contributed by atoms with Crippen molar-refractivity contribution in [2.75, 3.05) is 7.11 Å². The van der Waals surface area contributed by atoms with Crippen molar-refractivity contribution in [3.63, 3.8) is 0 Å². The van der Waals surface area contributed by atoms with Crippen molar-refractivity contribution in [3.05, 3.63) is 42.0 Å². The number of ketones is 1. The molecule has 0 aliphatic heterocycles. The molecule has 0 bridgehead atoms. The molecule has 0 aliphatic carbocycles. The summed E-state index contributed by atoms with van der Waals surface area (Å²) in [6.07, 6.45) is 1.43. The van der Waals surface area contributed by atoms with Gasteiger partial charge in [0.25, 0.3) is 0 Å². The smallest absolute Gasteiger partial charge is 0.130 e. The molecule has 4 nitrogen and oxygen atoms in total. The van der Waals surface area contributed by atoms with Crippen LogP contribution in [-0.4, -0.2) is 18.1 Å². The van der Waals surface area contributed by atoms with Gasteiger partial charge >= 0.3 is 0 Å². The van der Waals surface area contributed by atoms with E-state index in [2.05, 4.69) is 24.1 Å². The van der Waals surface area contributed by atoms with Gasteiger partial charge in [-0.3, -0.25) is 0 Å². The summed E-state index contributed by atoms with van der Waals surface area (Å²) in [6, 6.07) is 12.3. The number of fused-ring (bicyclic) bond motifs is 1. The van der Waals surface area contributed by atoms with Crippen molar-refractivity contribution in [1.82, 2.24) is 0 Å². The predicted octanol–water partition coefficient (Wildman–Crippen LogP) is 2.70. The van der Waals surface area contributed by atoms with Crippen molar-refractivity contribution in [2.24, 2.45) is 5.90 Å². The highest BCUT2D eigenvalue weighted by atomic mass is 16.5. The first-order chi connectivity index (χ1) is 9.19. The van der Waals surface area contributed by atoms with E-state index in [0.29, 0.717) is 6.42 Å². The third-order valence-corrected chi connectivity index (χ3v) is 2.88. The predicted molar refractivity (Wildman–Crippen MR) is 75.5 cm³/mol. The molecule has 0 spiro atoms. The van der Waals surface area contributed by atoms with Crippen LogP contribution >= 0.6 is 0 Å². The Hall–Kier alpha value is -1.91. The molecular formula is C15H19NO3. The van der Waals surface area contributed by atoms with Gasteiger partial charge in [0, 0.05) is 6.42 Å². The number of nitrogens with two attached hydrogens (primary N) is 1. The fraction of sp³-hybridized carbons (Fsp3) is 0.267. The van der Waals surface area contributed by atoms with Gasteiger partial charge < -0.3 is 14.7 Å². The highest BCUT2D eigenvalue weighted by Gasteiger charge is 2.00. The molecule has 19 heavy (non-hydrogen) atoms. The number of aryl methyl sites for hydroxylation is 1. The van der Waals surface area contributed by atoms with Crippen LogP contribution in [0.25, 0.3) is 10.8 Å². The van der Waals surface area contributed by atoms with Crippen molar-refractivity contribution in [3.8, 4) is 5.75 Å². The van der Waals surface area contributed by atoms with Crippen LogP contribution in [0.2, 0.25) is 0 Å². The van der Waals surface area contributed by atoms with E-state index in [4.69, 9.17) is 9.94 Å². The van der Waals surface area contributed by atoms with Crippen LogP contribution in [0.5, 0.6) is 5.75 Å². The third-order valence-electron chi connectivity index (χ3n) is 2.88. The molecule has 0 atom stereocenters. The summed E-state index contributed by atoms with van der Waals surface area (Å²) in [6.45, 7) is 1.63. The molecule has 0 saturated heterocycles. The Kier molecular flexibility index (Phi) is 5.99. The summed E-state index contributed by atoms with van der Waals surface area (Å²) in [5, 5.41) is 8.85. The normalized spacial score (nSPS) is 9.68. The van der Waals surface area contributed by atoms with Crippen LogP contribution in [0.15, 0.2) is 36.4 Å². The van der Waals surface area contributed by atoms with Gasteiger partial charge in [-0.15, -0.1) is 0 Å². The summed E-state index contributed by atoms with van der Waals surface area (Å²) in [5.41, 5.74) is 1.21. The van der Waals surface area contributed by atoms with E-state index in [1.165, 1.54) is 10.9 Å². The molecular weight excluding hydrogens is 242 g/mol. The summed E-state index contributed by atoms with van der Waals surface area (Å²) in [5.74, 6) is 4.61. The number of methoxy groups -OCH3 is 1. The first-order valence-electron chi connectivity index (χ1n) is 6.01. The minimum absolute atomic E-state index is 0.236. The van der Waals surface area contributed by atoms with Gasteiger partial charge in [-0.1, -0.05) is 24.3 Å². The largest absolute Gasteiger partial charge is 0.497 e. The van der Waals surface area contributed by atoms with E-state index in [-0.39, 0.29) is 5.78 Å². The van der Waals surface area contributed by atoms with Crippen LogP contribution in [-0.2, 0) is 11.2 Å². The monoisotopic (exact) mass is 261 g/mol. The number of carbonyl (C=O) groups is 1. The van der Waals surface area contributed by atoms with Gasteiger partial charge in [0.2, 0.25) is 0 Å². The van der Waals surface area contributed by atoms with E-state index in [1.807, 2.05) is 18.2 Å². The molecule has 2 aromatic carbocycles. The molecule has 0 radical (unpaired) electrons. The second-order valence-electron chi connectivity index (χ2n) is 4.25. The summed E-state index contributed by atoms with van der Waals surface area (Å²) < 4.78 is 5.19. The van der Waals surface area contributed by atoms with Crippen LogP contribution in [0.3, 0.4) is 0 Å². The van der Waals surface area contributed by atoms with E-state index in [0.717, 1.165) is 17.6 Å².